The Hall–Kier alpha value is -2.30. The molecule has 0 unspecified atom stereocenters. The molecule has 3 heterocycles. The van der Waals surface area contributed by atoms with Crippen LogP contribution in [0.4, 0.5) is 10.1 Å². The molecule has 2 saturated heterocycles. The van der Waals surface area contributed by atoms with E-state index in [-0.39, 0.29) is 56.6 Å². The maximum atomic E-state index is 14.0. The van der Waals surface area contributed by atoms with E-state index in [4.69, 9.17) is 0 Å². The number of halogens is 1. The first-order valence-electron chi connectivity index (χ1n) is 9.25. The molecule has 154 valence electrons. The molecule has 0 N–H and O–H groups in total. The molecule has 0 saturated carbocycles. The molecule has 1 aromatic carbocycles. The van der Waals surface area contributed by atoms with E-state index in [2.05, 4.69) is 0 Å². The van der Waals surface area contributed by atoms with E-state index >= 15 is 0 Å². The van der Waals surface area contributed by atoms with Gasteiger partial charge in [-0.2, -0.15) is 4.31 Å². The second kappa shape index (κ2) is 7.85. The van der Waals surface area contributed by atoms with E-state index < -0.39 is 21.8 Å². The average molecular weight is 438 g/mol. The van der Waals surface area contributed by atoms with Crippen LogP contribution >= 0.6 is 11.3 Å². The Labute approximate surface area is 172 Å². The lowest BCUT2D eigenvalue weighted by atomic mass is 10.1. The minimum Gasteiger partial charge on any atom is -0.340 e. The number of carbonyl (C=O) groups excluding carboxylic acids is 2. The summed E-state index contributed by atoms with van der Waals surface area (Å²) in [6.45, 7) is 1.10. The van der Waals surface area contributed by atoms with Crippen molar-refractivity contribution in [3.05, 3.63) is 47.6 Å². The first-order chi connectivity index (χ1) is 13.9. The molecule has 0 radical (unpaired) electrons. The molecule has 4 rings (SSSR count). The highest BCUT2D eigenvalue weighted by molar-refractivity contribution is 7.91. The molecule has 2 aliphatic rings. The fourth-order valence-electron chi connectivity index (χ4n) is 3.72. The van der Waals surface area contributed by atoms with Gasteiger partial charge >= 0.3 is 0 Å². The second-order valence-corrected chi connectivity index (χ2v) is 10.1. The third kappa shape index (κ3) is 3.79. The molecular weight excluding hydrogens is 417 g/mol. The standard InChI is InChI=1S/C19H20FN3O4S2/c20-15-4-1-2-5-16(15)23-13-14(12-17(23)24)19(25)21-7-9-22(10-8-21)29(26,27)18-6-3-11-28-18/h1-6,11,14H,7-10,12-13H2/t14-/m1/s1. The van der Waals surface area contributed by atoms with Crippen LogP contribution in [0.5, 0.6) is 0 Å². The molecule has 2 aromatic rings. The van der Waals surface area contributed by atoms with Gasteiger partial charge in [-0.15, -0.1) is 11.3 Å². The van der Waals surface area contributed by atoms with Crippen LogP contribution < -0.4 is 4.90 Å². The maximum absolute atomic E-state index is 14.0. The number of hydrogen-bond acceptors (Lipinski definition) is 5. The van der Waals surface area contributed by atoms with Gasteiger partial charge in [0.25, 0.3) is 10.0 Å². The first-order valence-corrected chi connectivity index (χ1v) is 11.6. The van der Waals surface area contributed by atoms with Gasteiger partial charge in [-0.3, -0.25) is 9.59 Å². The maximum Gasteiger partial charge on any atom is 0.252 e. The third-order valence-corrected chi connectivity index (χ3v) is 8.53. The lowest BCUT2D eigenvalue weighted by molar-refractivity contribution is -0.136. The van der Waals surface area contributed by atoms with E-state index in [9.17, 15) is 22.4 Å². The monoisotopic (exact) mass is 437 g/mol. The Balaban J connectivity index is 1.39. The Morgan fingerprint density at radius 2 is 1.79 bits per heavy atom. The summed E-state index contributed by atoms with van der Waals surface area (Å²) < 4.78 is 40.9. The van der Waals surface area contributed by atoms with Crippen LogP contribution in [-0.2, 0) is 19.6 Å². The van der Waals surface area contributed by atoms with E-state index in [0.29, 0.717) is 4.21 Å². The number of rotatable bonds is 4. The number of anilines is 1. The van der Waals surface area contributed by atoms with Crippen LogP contribution in [0.25, 0.3) is 0 Å². The van der Waals surface area contributed by atoms with Gasteiger partial charge < -0.3 is 9.80 Å². The number of para-hydroxylation sites is 1. The largest absolute Gasteiger partial charge is 0.340 e. The molecule has 0 bridgehead atoms. The molecular formula is C19H20FN3O4S2. The quantitative estimate of drug-likeness (QED) is 0.731. The van der Waals surface area contributed by atoms with Crippen molar-refractivity contribution in [3.8, 4) is 0 Å². The Kier molecular flexibility index (Phi) is 5.41. The summed E-state index contributed by atoms with van der Waals surface area (Å²) in [6, 6.07) is 9.26. The number of thiophene rings is 1. The minimum atomic E-state index is -3.54. The number of carbonyl (C=O) groups is 2. The molecule has 1 aromatic heterocycles. The molecule has 2 amide bonds. The van der Waals surface area contributed by atoms with Gasteiger partial charge in [-0.05, 0) is 23.6 Å². The van der Waals surface area contributed by atoms with Gasteiger partial charge in [0.05, 0.1) is 11.6 Å². The summed E-state index contributed by atoms with van der Waals surface area (Å²) in [4.78, 5) is 28.1. The zero-order valence-corrected chi connectivity index (χ0v) is 17.2. The van der Waals surface area contributed by atoms with Gasteiger partial charge in [0.2, 0.25) is 11.8 Å². The highest BCUT2D eigenvalue weighted by atomic mass is 32.2. The number of amides is 2. The van der Waals surface area contributed by atoms with E-state index in [1.54, 1.807) is 34.5 Å². The van der Waals surface area contributed by atoms with Crippen molar-refractivity contribution in [1.29, 1.82) is 0 Å². The van der Waals surface area contributed by atoms with Gasteiger partial charge in [0, 0.05) is 39.1 Å². The Bertz CT molecular complexity index is 1020. The molecule has 7 nitrogen and oxygen atoms in total. The van der Waals surface area contributed by atoms with Crippen molar-refractivity contribution >= 4 is 38.9 Å². The highest BCUT2D eigenvalue weighted by Crippen LogP contribution is 2.29. The minimum absolute atomic E-state index is 0.0286. The summed E-state index contributed by atoms with van der Waals surface area (Å²) in [5, 5.41) is 1.71. The van der Waals surface area contributed by atoms with Crippen LogP contribution in [0.2, 0.25) is 0 Å². The topological polar surface area (TPSA) is 78.0 Å². The van der Waals surface area contributed by atoms with Crippen LogP contribution in [0.15, 0.2) is 46.0 Å². The molecule has 29 heavy (non-hydrogen) atoms. The van der Waals surface area contributed by atoms with E-state index in [0.717, 1.165) is 0 Å². The molecule has 10 heteroatoms. The average Bonchev–Trinajstić information content (AvgIpc) is 3.38. The number of hydrogen-bond donors (Lipinski definition) is 0. The van der Waals surface area contributed by atoms with Crippen molar-refractivity contribution in [2.24, 2.45) is 5.92 Å². The van der Waals surface area contributed by atoms with Crippen LogP contribution in [-0.4, -0.2) is 62.2 Å². The van der Waals surface area contributed by atoms with Crippen LogP contribution in [0.3, 0.4) is 0 Å². The van der Waals surface area contributed by atoms with Gasteiger partial charge in [-0.25, -0.2) is 12.8 Å². The zero-order chi connectivity index (χ0) is 20.6. The molecule has 0 aliphatic carbocycles. The van der Waals surface area contributed by atoms with Crippen molar-refractivity contribution in [2.45, 2.75) is 10.6 Å². The summed E-state index contributed by atoms with van der Waals surface area (Å²) in [5.41, 5.74) is 0.180. The molecule has 0 spiro atoms. The number of sulfonamides is 1. The Morgan fingerprint density at radius 1 is 1.07 bits per heavy atom. The fourth-order valence-corrected chi connectivity index (χ4v) is 6.29. The van der Waals surface area contributed by atoms with Gasteiger partial charge in [0.1, 0.15) is 10.0 Å². The first kappa shape index (κ1) is 20.0. The second-order valence-electron chi connectivity index (χ2n) is 7.02. The lowest BCUT2D eigenvalue weighted by Gasteiger charge is -2.34. The van der Waals surface area contributed by atoms with Crippen molar-refractivity contribution in [3.63, 3.8) is 0 Å². The number of piperazine rings is 1. The highest BCUT2D eigenvalue weighted by Gasteiger charge is 2.39. The van der Waals surface area contributed by atoms with E-state index in [1.807, 2.05) is 0 Å². The molecule has 2 fully saturated rings. The molecule has 1 atom stereocenters. The summed E-state index contributed by atoms with van der Waals surface area (Å²) in [5.74, 6) is -1.53. The third-order valence-electron chi connectivity index (χ3n) is 5.26. The van der Waals surface area contributed by atoms with Gasteiger partial charge in [0.15, 0.2) is 0 Å². The summed E-state index contributed by atoms with van der Waals surface area (Å²) in [7, 11) is -3.54. The van der Waals surface area contributed by atoms with Gasteiger partial charge in [-0.1, -0.05) is 18.2 Å². The van der Waals surface area contributed by atoms with Crippen molar-refractivity contribution in [2.75, 3.05) is 37.6 Å². The summed E-state index contributed by atoms with van der Waals surface area (Å²) >= 11 is 1.17. The molecule has 2 aliphatic heterocycles. The number of benzene rings is 1. The van der Waals surface area contributed by atoms with E-state index in [1.165, 1.54) is 32.7 Å². The normalized spacial score (nSPS) is 21.0. The Morgan fingerprint density at radius 3 is 2.45 bits per heavy atom. The SMILES string of the molecule is O=C([C@@H]1CC(=O)N(c2ccccc2F)C1)N1CCN(S(=O)(=O)c2cccs2)CC1. The number of nitrogens with zero attached hydrogens (tertiary/aromatic N) is 3. The van der Waals surface area contributed by atoms with Crippen LogP contribution in [0.1, 0.15) is 6.42 Å². The fraction of sp³-hybridized carbons (Fsp3) is 0.368. The smallest absolute Gasteiger partial charge is 0.252 e. The summed E-state index contributed by atoms with van der Waals surface area (Å²) in [6.07, 6.45) is 0.0286. The zero-order valence-electron chi connectivity index (χ0n) is 15.5. The predicted octanol–water partition coefficient (Wildman–Crippen LogP) is 1.77. The predicted molar refractivity (Wildman–Crippen MR) is 107 cm³/mol. The lowest BCUT2D eigenvalue weighted by Crippen LogP contribution is -2.52. The van der Waals surface area contributed by atoms with Crippen molar-refractivity contribution < 1.29 is 22.4 Å². The van der Waals surface area contributed by atoms with Crippen molar-refractivity contribution in [1.82, 2.24) is 9.21 Å². The van der Waals surface area contributed by atoms with Crippen LogP contribution in [0, 0.1) is 11.7 Å².